The highest BCUT2D eigenvalue weighted by Gasteiger charge is 2.31. The molecule has 4 aromatic rings. The molecule has 20 heteroatoms. The highest BCUT2D eigenvalue weighted by atomic mass is 16.6. The van der Waals surface area contributed by atoms with Crippen molar-refractivity contribution in [2.45, 2.75) is 71.6 Å². The van der Waals surface area contributed by atoms with Crippen molar-refractivity contribution < 1.29 is 48.3 Å². The van der Waals surface area contributed by atoms with Gasteiger partial charge in [-0.25, -0.2) is 19.9 Å². The fourth-order valence-corrected chi connectivity index (χ4v) is 9.41. The van der Waals surface area contributed by atoms with Gasteiger partial charge in [-0.3, -0.25) is 19.3 Å². The summed E-state index contributed by atoms with van der Waals surface area (Å²) in [5.74, 6) is 1.09. The number of aromatic nitrogens is 4. The molecule has 0 spiro atoms. The fourth-order valence-electron chi connectivity index (χ4n) is 9.41. The van der Waals surface area contributed by atoms with Gasteiger partial charge in [0.05, 0.1) is 95.9 Å². The van der Waals surface area contributed by atoms with E-state index in [1.54, 1.807) is 23.4 Å². The molecule has 4 aliphatic heterocycles. The Kier molecular flexibility index (Phi) is 18.0. The molecule has 4 aliphatic rings. The Hall–Kier alpha value is -6.03. The lowest BCUT2D eigenvalue weighted by Crippen LogP contribution is -2.41. The number of benzene rings is 2. The number of amides is 3. The minimum absolute atomic E-state index is 0.00272. The van der Waals surface area contributed by atoms with Gasteiger partial charge in [-0.1, -0.05) is 32.0 Å². The number of anilines is 2. The molecule has 0 saturated carbocycles. The van der Waals surface area contributed by atoms with Crippen LogP contribution in [-0.2, 0) is 65.9 Å². The van der Waals surface area contributed by atoms with Gasteiger partial charge in [-0.2, -0.15) is 0 Å². The number of hydrogen-bond donors (Lipinski definition) is 4. The molecule has 8 rings (SSSR count). The number of phenolic OH excluding ortho intramolecular Hbond substituents is 2. The molecule has 3 amide bonds. The number of piperidine rings is 1. The molecule has 2 saturated heterocycles. The molecule has 2 aromatic heterocycles. The number of rotatable bonds is 22. The van der Waals surface area contributed by atoms with Crippen molar-refractivity contribution in [3.8, 4) is 22.9 Å². The maximum atomic E-state index is 13.4. The Labute approximate surface area is 414 Å². The van der Waals surface area contributed by atoms with Crippen molar-refractivity contribution in [3.05, 3.63) is 81.8 Å². The summed E-state index contributed by atoms with van der Waals surface area (Å²) in [6.07, 6.45) is 5.70. The topological polar surface area (TPSA) is 240 Å². The van der Waals surface area contributed by atoms with Crippen molar-refractivity contribution in [1.29, 1.82) is 0 Å². The summed E-state index contributed by atoms with van der Waals surface area (Å²) in [5, 5.41) is 23.7. The van der Waals surface area contributed by atoms with E-state index in [1.165, 1.54) is 6.07 Å². The predicted molar refractivity (Wildman–Crippen MR) is 262 cm³/mol. The second kappa shape index (κ2) is 24.9. The maximum absolute atomic E-state index is 13.4. The number of nitrogen functional groups attached to an aromatic ring is 1. The van der Waals surface area contributed by atoms with Gasteiger partial charge in [-0.15, -0.1) is 0 Å². The van der Waals surface area contributed by atoms with E-state index < -0.39 is 0 Å². The molecular weight excluding hydrogens is 913 g/mol. The monoisotopic (exact) mass is 981 g/mol. The number of carbonyl (C=O) groups is 3. The van der Waals surface area contributed by atoms with Crippen molar-refractivity contribution in [2.24, 2.45) is 5.92 Å². The number of likely N-dealkylation sites (tertiary alicyclic amines) is 1. The summed E-state index contributed by atoms with van der Waals surface area (Å²) in [5.41, 5.74) is 12.4. The van der Waals surface area contributed by atoms with Crippen LogP contribution in [0.4, 0.5) is 11.8 Å². The molecule has 0 radical (unpaired) electrons. The van der Waals surface area contributed by atoms with Gasteiger partial charge in [0.2, 0.25) is 17.8 Å². The standard InChI is InChI=1S/C51H68N10O10/c1-34(2)41-26-42(45(63)27-44(41)62)50(66)61-31-37-4-3-35(25-38(37)32-61)30-58-10-5-36(6-11-58)49(65)53-9-16-68-20-22-71-24-23-70-21-19-67-15-8-46(64)60-12-7-40-43(33-60)56-47(39-28-54-51(52)55-29-39)57-48(40)59-13-17-69-18-14-59/h3-4,25-29,34,36,62-63H,5-24,30-33H2,1-2H3,(H,53,65)(H2,52,54,55). The van der Waals surface area contributed by atoms with Gasteiger partial charge >= 0.3 is 0 Å². The molecule has 6 heterocycles. The minimum atomic E-state index is -0.260. The molecule has 0 aliphatic carbocycles. The SMILES string of the molecule is CC(C)c1cc(C(=O)N2Cc3ccc(CN4CCC(C(=O)NCCOCCOCCOCCOCCC(=O)N5CCc6c(nc(-c7cnc(N)nc7)nc6N6CCOCC6)C5)CC4)cc3C2)c(O)cc1O. The van der Waals surface area contributed by atoms with E-state index in [2.05, 4.69) is 43.3 Å². The van der Waals surface area contributed by atoms with Crippen molar-refractivity contribution >= 4 is 29.5 Å². The van der Waals surface area contributed by atoms with Gasteiger partial charge < -0.3 is 59.6 Å². The van der Waals surface area contributed by atoms with Crippen LogP contribution in [0.15, 0.2) is 42.7 Å². The van der Waals surface area contributed by atoms with E-state index in [1.807, 2.05) is 18.7 Å². The summed E-state index contributed by atoms with van der Waals surface area (Å²) in [6, 6.07) is 9.20. The summed E-state index contributed by atoms with van der Waals surface area (Å²) in [6.45, 7) is 14.4. The smallest absolute Gasteiger partial charge is 0.258 e. The highest BCUT2D eigenvalue weighted by Crippen LogP contribution is 2.35. The summed E-state index contributed by atoms with van der Waals surface area (Å²) < 4.78 is 28.2. The lowest BCUT2D eigenvalue weighted by Gasteiger charge is -2.34. The quantitative estimate of drug-likeness (QED) is 0.0825. The van der Waals surface area contributed by atoms with Crippen molar-refractivity contribution in [2.75, 3.05) is 116 Å². The number of nitrogens with two attached hydrogens (primary N) is 1. The first-order valence-corrected chi connectivity index (χ1v) is 24.9. The third-order valence-corrected chi connectivity index (χ3v) is 13.4. The van der Waals surface area contributed by atoms with Gasteiger partial charge in [0.1, 0.15) is 17.3 Å². The van der Waals surface area contributed by atoms with Crippen LogP contribution >= 0.6 is 0 Å². The highest BCUT2D eigenvalue weighted by molar-refractivity contribution is 5.97. The van der Waals surface area contributed by atoms with Gasteiger partial charge in [0, 0.05) is 75.8 Å². The molecule has 20 nitrogen and oxygen atoms in total. The Morgan fingerprint density at radius 3 is 2.17 bits per heavy atom. The van der Waals surface area contributed by atoms with E-state index >= 15 is 0 Å². The molecule has 0 unspecified atom stereocenters. The first-order chi connectivity index (χ1) is 34.5. The number of carbonyl (C=O) groups excluding carboxylic acids is 3. The molecule has 71 heavy (non-hydrogen) atoms. The van der Waals surface area contributed by atoms with Crippen LogP contribution in [0.25, 0.3) is 11.4 Å². The zero-order valence-electron chi connectivity index (χ0n) is 41.0. The Morgan fingerprint density at radius 2 is 1.46 bits per heavy atom. The zero-order valence-corrected chi connectivity index (χ0v) is 41.0. The average molecular weight is 981 g/mol. The summed E-state index contributed by atoms with van der Waals surface area (Å²) >= 11 is 0. The van der Waals surface area contributed by atoms with Crippen LogP contribution in [0.3, 0.4) is 0 Å². The van der Waals surface area contributed by atoms with E-state index in [4.69, 9.17) is 39.4 Å². The van der Waals surface area contributed by atoms with Crippen LogP contribution in [-0.4, -0.2) is 168 Å². The molecule has 2 fully saturated rings. The van der Waals surface area contributed by atoms with Crippen molar-refractivity contribution in [1.82, 2.24) is 40.0 Å². The third kappa shape index (κ3) is 13.7. The fraction of sp³-hybridized carbons (Fsp3) is 0.549. The Balaban J connectivity index is 0.628. The van der Waals surface area contributed by atoms with E-state index in [-0.39, 0.29) is 65.6 Å². The zero-order chi connectivity index (χ0) is 49.7. The van der Waals surface area contributed by atoms with Crippen LogP contribution in [0.5, 0.6) is 11.5 Å². The number of aromatic hydroxyl groups is 2. The molecule has 0 atom stereocenters. The second-order valence-electron chi connectivity index (χ2n) is 18.7. The number of fused-ring (bicyclic) bond motifs is 2. The number of ether oxygens (including phenoxy) is 5. The maximum Gasteiger partial charge on any atom is 0.258 e. The van der Waals surface area contributed by atoms with Crippen LogP contribution in [0, 0.1) is 5.92 Å². The number of hydrogen-bond acceptors (Lipinski definition) is 17. The normalized spacial score (nSPS) is 16.4. The Bertz CT molecular complexity index is 2450. The first kappa shape index (κ1) is 51.3. The Morgan fingerprint density at radius 1 is 0.789 bits per heavy atom. The largest absolute Gasteiger partial charge is 0.508 e. The second-order valence-corrected chi connectivity index (χ2v) is 18.7. The molecule has 382 valence electrons. The molecular formula is C51H68N10O10. The van der Waals surface area contributed by atoms with E-state index in [0.717, 1.165) is 79.3 Å². The molecule has 5 N–H and O–H groups in total. The third-order valence-electron chi connectivity index (χ3n) is 13.4. The summed E-state index contributed by atoms with van der Waals surface area (Å²) in [7, 11) is 0. The molecule has 2 aromatic carbocycles. The number of nitrogens with one attached hydrogen (secondary N) is 1. The summed E-state index contributed by atoms with van der Waals surface area (Å²) in [4.78, 5) is 65.6. The first-order valence-electron chi connectivity index (χ1n) is 24.9. The van der Waals surface area contributed by atoms with Gasteiger partial charge in [-0.05, 0) is 66.6 Å². The minimum Gasteiger partial charge on any atom is -0.508 e. The molecule has 0 bridgehead atoms. The van der Waals surface area contributed by atoms with Crippen molar-refractivity contribution in [3.63, 3.8) is 0 Å². The number of nitrogens with zero attached hydrogens (tertiary/aromatic N) is 8. The van der Waals surface area contributed by atoms with Gasteiger partial charge in [0.15, 0.2) is 5.82 Å². The lowest BCUT2D eigenvalue weighted by molar-refractivity contribution is -0.133. The van der Waals surface area contributed by atoms with Gasteiger partial charge in [0.25, 0.3) is 5.91 Å². The average Bonchev–Trinajstić information content (AvgIpc) is 3.81. The van der Waals surface area contributed by atoms with Crippen LogP contribution in [0.1, 0.15) is 82.9 Å². The van der Waals surface area contributed by atoms with E-state index in [0.29, 0.717) is 116 Å². The number of phenols is 2. The van der Waals surface area contributed by atoms with E-state index in [9.17, 15) is 24.6 Å². The van der Waals surface area contributed by atoms with Crippen LogP contribution < -0.4 is 16.0 Å². The number of morpholine rings is 1. The lowest BCUT2D eigenvalue weighted by atomic mass is 9.95. The predicted octanol–water partition coefficient (Wildman–Crippen LogP) is 3.41. The van der Waals surface area contributed by atoms with Crippen LogP contribution in [0.2, 0.25) is 0 Å².